The quantitative estimate of drug-likeness (QED) is 0.722. The normalized spacial score (nSPS) is 17.1. The maximum Gasteiger partial charge on any atom is 0.321 e. The molecular weight excluding hydrogens is 302 g/mol. The minimum absolute atomic E-state index is 0.00964. The van der Waals surface area contributed by atoms with Crippen molar-refractivity contribution in [1.29, 1.82) is 0 Å². The van der Waals surface area contributed by atoms with Gasteiger partial charge in [-0.05, 0) is 12.1 Å². The molecule has 0 spiro atoms. The Labute approximate surface area is 134 Å². The van der Waals surface area contributed by atoms with Crippen LogP contribution in [0.4, 0.5) is 4.79 Å². The first kappa shape index (κ1) is 17.0. The van der Waals surface area contributed by atoms with Gasteiger partial charge in [0.25, 0.3) is 0 Å². The van der Waals surface area contributed by atoms with Crippen LogP contribution in [-0.4, -0.2) is 56.3 Å². The molecule has 8 heteroatoms. The van der Waals surface area contributed by atoms with Crippen LogP contribution in [0.5, 0.6) is 11.5 Å². The number of amides is 3. The lowest BCUT2D eigenvalue weighted by atomic mass is 9.95. The average Bonchev–Trinajstić information content (AvgIpc) is 2.53. The number of nitrogens with one attached hydrogen (secondary N) is 2. The fraction of sp³-hybridized carbons (Fsp3) is 0.467. The summed E-state index contributed by atoms with van der Waals surface area (Å²) in [6, 6.07) is 2.94. The van der Waals surface area contributed by atoms with Crippen LogP contribution in [0.1, 0.15) is 17.2 Å². The van der Waals surface area contributed by atoms with Gasteiger partial charge in [0.15, 0.2) is 0 Å². The highest BCUT2D eigenvalue weighted by Gasteiger charge is 2.30. The summed E-state index contributed by atoms with van der Waals surface area (Å²) in [4.78, 5) is 24.7. The van der Waals surface area contributed by atoms with Crippen LogP contribution in [0.25, 0.3) is 0 Å². The SMILES string of the molecule is CNC(=O)NC(=O)CN1Cc2c(OC)ccc(OC)c2[C@@H](O)C1. The molecule has 0 unspecified atom stereocenters. The molecule has 0 bridgehead atoms. The Hall–Kier alpha value is -2.32. The third-order valence-corrected chi connectivity index (χ3v) is 3.71. The smallest absolute Gasteiger partial charge is 0.321 e. The Bertz CT molecular complexity index is 605. The highest BCUT2D eigenvalue weighted by atomic mass is 16.5. The lowest BCUT2D eigenvalue weighted by molar-refractivity contribution is -0.121. The van der Waals surface area contributed by atoms with Gasteiger partial charge in [-0.2, -0.15) is 0 Å². The summed E-state index contributed by atoms with van der Waals surface area (Å²) in [5.74, 6) is 0.765. The van der Waals surface area contributed by atoms with Crippen molar-refractivity contribution in [3.63, 3.8) is 0 Å². The molecule has 1 atom stereocenters. The van der Waals surface area contributed by atoms with Crippen LogP contribution < -0.4 is 20.1 Å². The van der Waals surface area contributed by atoms with Gasteiger partial charge in [-0.1, -0.05) is 0 Å². The first-order chi connectivity index (χ1) is 11.0. The zero-order valence-electron chi connectivity index (χ0n) is 13.4. The number of benzene rings is 1. The van der Waals surface area contributed by atoms with E-state index < -0.39 is 18.0 Å². The number of fused-ring (bicyclic) bond motifs is 1. The number of aliphatic hydroxyl groups is 1. The van der Waals surface area contributed by atoms with Gasteiger partial charge in [-0.15, -0.1) is 0 Å². The van der Waals surface area contributed by atoms with Crippen LogP contribution in [0.3, 0.4) is 0 Å². The van der Waals surface area contributed by atoms with E-state index in [-0.39, 0.29) is 13.1 Å². The van der Waals surface area contributed by atoms with E-state index in [1.165, 1.54) is 14.2 Å². The summed E-state index contributed by atoms with van der Waals surface area (Å²) in [5.41, 5.74) is 1.45. The maximum atomic E-state index is 11.8. The number of carbonyl (C=O) groups excluding carboxylic acids is 2. The molecule has 3 N–H and O–H groups in total. The molecule has 1 aromatic rings. The number of carbonyl (C=O) groups is 2. The summed E-state index contributed by atoms with van der Waals surface area (Å²) in [6.07, 6.45) is -0.809. The van der Waals surface area contributed by atoms with E-state index >= 15 is 0 Å². The summed E-state index contributed by atoms with van der Waals surface area (Å²) < 4.78 is 10.6. The Morgan fingerprint density at radius 1 is 1.30 bits per heavy atom. The number of imide groups is 1. The second kappa shape index (κ2) is 7.30. The first-order valence-corrected chi connectivity index (χ1v) is 7.15. The summed E-state index contributed by atoms with van der Waals surface area (Å²) in [6.45, 7) is 0.663. The van der Waals surface area contributed by atoms with Gasteiger partial charge in [0, 0.05) is 31.3 Å². The van der Waals surface area contributed by atoms with Crippen molar-refractivity contribution < 1.29 is 24.2 Å². The Morgan fingerprint density at radius 3 is 2.57 bits per heavy atom. The zero-order valence-corrected chi connectivity index (χ0v) is 13.4. The molecule has 0 aromatic heterocycles. The summed E-state index contributed by atoms with van der Waals surface area (Å²) in [5, 5.41) is 14.9. The highest BCUT2D eigenvalue weighted by molar-refractivity contribution is 5.95. The number of rotatable bonds is 4. The third-order valence-electron chi connectivity index (χ3n) is 3.71. The van der Waals surface area contributed by atoms with E-state index in [2.05, 4.69) is 10.6 Å². The molecule has 8 nitrogen and oxygen atoms in total. The predicted molar refractivity (Wildman–Crippen MR) is 82.4 cm³/mol. The van der Waals surface area contributed by atoms with Crippen LogP contribution in [0.15, 0.2) is 12.1 Å². The topological polar surface area (TPSA) is 100 Å². The molecule has 0 fully saturated rings. The van der Waals surface area contributed by atoms with Gasteiger partial charge in [0.05, 0.1) is 26.9 Å². The Morgan fingerprint density at radius 2 is 1.96 bits per heavy atom. The number of hydrogen-bond acceptors (Lipinski definition) is 6. The van der Waals surface area contributed by atoms with Gasteiger partial charge in [0.2, 0.25) is 5.91 Å². The number of methoxy groups -OCH3 is 2. The minimum Gasteiger partial charge on any atom is -0.496 e. The molecule has 0 saturated heterocycles. The molecule has 126 valence electrons. The fourth-order valence-corrected chi connectivity index (χ4v) is 2.70. The molecule has 2 rings (SSSR count). The number of urea groups is 1. The van der Waals surface area contributed by atoms with Gasteiger partial charge in [0.1, 0.15) is 11.5 Å². The number of β-amino-alcohol motifs (C(OH)–C–C–N with tert-alkyl or cyclic N) is 1. The van der Waals surface area contributed by atoms with Crippen molar-refractivity contribution in [3.05, 3.63) is 23.3 Å². The van der Waals surface area contributed by atoms with Crippen molar-refractivity contribution in [2.75, 3.05) is 34.4 Å². The molecule has 23 heavy (non-hydrogen) atoms. The molecular formula is C15H21N3O5. The standard InChI is InChI=1S/C15H21N3O5/c1-16-15(21)17-13(20)8-18-6-9-11(22-2)4-5-12(23-3)14(9)10(19)7-18/h4-5,10,19H,6-8H2,1-3H3,(H2,16,17,20,21)/t10-/m0/s1. The van der Waals surface area contributed by atoms with Gasteiger partial charge in [-0.3, -0.25) is 15.0 Å². The van der Waals surface area contributed by atoms with Crippen LogP contribution in [0, 0.1) is 0 Å². The van der Waals surface area contributed by atoms with Crippen LogP contribution >= 0.6 is 0 Å². The van der Waals surface area contributed by atoms with E-state index in [1.54, 1.807) is 24.1 Å². The predicted octanol–water partition coefficient (Wildman–Crippen LogP) is 0.00840. The van der Waals surface area contributed by atoms with Gasteiger partial charge < -0.3 is 19.9 Å². The van der Waals surface area contributed by atoms with E-state index in [1.807, 2.05) is 0 Å². The number of hydrogen-bond donors (Lipinski definition) is 3. The largest absolute Gasteiger partial charge is 0.496 e. The Kier molecular flexibility index (Phi) is 5.41. The van der Waals surface area contributed by atoms with Crippen molar-refractivity contribution >= 4 is 11.9 Å². The molecule has 0 saturated carbocycles. The van der Waals surface area contributed by atoms with E-state index in [9.17, 15) is 14.7 Å². The van der Waals surface area contributed by atoms with E-state index in [0.29, 0.717) is 23.6 Å². The van der Waals surface area contributed by atoms with Crippen LogP contribution in [0.2, 0.25) is 0 Å². The number of ether oxygens (including phenoxy) is 2. The lowest BCUT2D eigenvalue weighted by Crippen LogP contribution is -2.45. The highest BCUT2D eigenvalue weighted by Crippen LogP contribution is 2.39. The number of aliphatic hydroxyl groups excluding tert-OH is 1. The van der Waals surface area contributed by atoms with Crippen molar-refractivity contribution in [3.8, 4) is 11.5 Å². The summed E-state index contributed by atoms with van der Waals surface area (Å²) in [7, 11) is 4.52. The first-order valence-electron chi connectivity index (χ1n) is 7.15. The van der Waals surface area contributed by atoms with Crippen LogP contribution in [-0.2, 0) is 11.3 Å². The van der Waals surface area contributed by atoms with Gasteiger partial charge >= 0.3 is 6.03 Å². The monoisotopic (exact) mass is 323 g/mol. The lowest BCUT2D eigenvalue weighted by Gasteiger charge is -2.33. The number of nitrogens with zero attached hydrogens (tertiary/aromatic N) is 1. The molecule has 3 amide bonds. The maximum absolute atomic E-state index is 11.8. The van der Waals surface area contributed by atoms with E-state index in [0.717, 1.165) is 5.56 Å². The molecule has 1 heterocycles. The third kappa shape index (κ3) is 3.72. The molecule has 0 aliphatic carbocycles. The second-order valence-electron chi connectivity index (χ2n) is 5.18. The van der Waals surface area contributed by atoms with Crippen molar-refractivity contribution in [2.45, 2.75) is 12.6 Å². The average molecular weight is 323 g/mol. The molecule has 0 radical (unpaired) electrons. The Balaban J connectivity index is 2.19. The minimum atomic E-state index is -0.809. The van der Waals surface area contributed by atoms with Gasteiger partial charge in [-0.25, -0.2) is 4.79 Å². The van der Waals surface area contributed by atoms with E-state index in [4.69, 9.17) is 9.47 Å². The fourth-order valence-electron chi connectivity index (χ4n) is 2.70. The second-order valence-corrected chi connectivity index (χ2v) is 5.18. The molecule has 1 aliphatic heterocycles. The van der Waals surface area contributed by atoms with Crippen molar-refractivity contribution in [1.82, 2.24) is 15.5 Å². The molecule has 1 aromatic carbocycles. The molecule has 1 aliphatic rings. The zero-order chi connectivity index (χ0) is 17.0. The summed E-state index contributed by atoms with van der Waals surface area (Å²) >= 11 is 0. The van der Waals surface area contributed by atoms with Crippen molar-refractivity contribution in [2.24, 2.45) is 0 Å².